The van der Waals surface area contributed by atoms with Gasteiger partial charge in [0.1, 0.15) is 0 Å². The van der Waals surface area contributed by atoms with E-state index < -0.39 is 0 Å². The van der Waals surface area contributed by atoms with Crippen molar-refractivity contribution in [3.05, 3.63) is 0 Å². The average Bonchev–Trinajstić information content (AvgIpc) is 2.19. The molecule has 2 rings (SSSR count). The number of rotatable bonds is 1. The quantitative estimate of drug-likeness (QED) is 0.556. The Bertz CT molecular complexity index is 148. The van der Waals surface area contributed by atoms with Crippen molar-refractivity contribution in [1.82, 2.24) is 0 Å². The zero-order valence-corrected chi connectivity index (χ0v) is 9.15. The Balaban J connectivity index is 1.95. The molecule has 76 valence electrons. The minimum absolute atomic E-state index is 0.831. The van der Waals surface area contributed by atoms with Crippen LogP contribution in [0.2, 0.25) is 0 Å². The molecule has 1 unspecified atom stereocenters. The minimum atomic E-state index is 0.831. The second kappa shape index (κ2) is 4.02. The first-order valence-electron chi connectivity index (χ1n) is 6.35. The van der Waals surface area contributed by atoms with Gasteiger partial charge in [0.05, 0.1) is 0 Å². The molecule has 0 amide bonds. The highest BCUT2D eigenvalue weighted by atomic mass is 14.4. The lowest BCUT2D eigenvalue weighted by atomic mass is 9.62. The van der Waals surface area contributed by atoms with Crippen molar-refractivity contribution in [3.8, 4) is 0 Å². The summed E-state index contributed by atoms with van der Waals surface area (Å²) in [7, 11) is 0. The van der Waals surface area contributed by atoms with Gasteiger partial charge in [-0.2, -0.15) is 0 Å². The van der Waals surface area contributed by atoms with Gasteiger partial charge < -0.3 is 0 Å². The van der Waals surface area contributed by atoms with Gasteiger partial charge in [0.2, 0.25) is 0 Å². The van der Waals surface area contributed by atoms with Crippen LogP contribution in [0.15, 0.2) is 0 Å². The largest absolute Gasteiger partial charge is 0.0651 e. The third-order valence-corrected chi connectivity index (χ3v) is 4.53. The highest BCUT2D eigenvalue weighted by Crippen LogP contribution is 2.49. The average molecular weight is 180 g/mol. The molecule has 0 aromatic carbocycles. The Morgan fingerprint density at radius 3 is 2.38 bits per heavy atom. The summed E-state index contributed by atoms with van der Waals surface area (Å²) < 4.78 is 0. The molecular formula is C13H24. The fourth-order valence-corrected chi connectivity index (χ4v) is 3.69. The Morgan fingerprint density at radius 2 is 1.69 bits per heavy atom. The van der Waals surface area contributed by atoms with E-state index in [1.807, 2.05) is 0 Å². The van der Waals surface area contributed by atoms with E-state index in [4.69, 9.17) is 0 Å². The molecule has 2 aliphatic carbocycles. The molecule has 2 fully saturated rings. The number of hydrogen-bond acceptors (Lipinski definition) is 0. The van der Waals surface area contributed by atoms with Gasteiger partial charge in [-0.25, -0.2) is 0 Å². The van der Waals surface area contributed by atoms with Crippen LogP contribution in [0.5, 0.6) is 0 Å². The standard InChI is InChI=1S/C13H24/c1-2-12-7-6-10-13(11-12)8-4-3-5-9-13/h12H,2-11H2,1H3. The van der Waals surface area contributed by atoms with Crippen molar-refractivity contribution in [3.63, 3.8) is 0 Å². The maximum atomic E-state index is 2.38. The summed E-state index contributed by atoms with van der Waals surface area (Å²) in [5.74, 6) is 1.08. The van der Waals surface area contributed by atoms with E-state index in [-0.39, 0.29) is 0 Å². The van der Waals surface area contributed by atoms with Crippen molar-refractivity contribution in [1.29, 1.82) is 0 Å². The summed E-state index contributed by atoms with van der Waals surface area (Å²) in [6, 6.07) is 0. The van der Waals surface area contributed by atoms with Gasteiger partial charge in [-0.15, -0.1) is 0 Å². The number of hydrogen-bond donors (Lipinski definition) is 0. The second-order valence-electron chi connectivity index (χ2n) is 5.43. The van der Waals surface area contributed by atoms with E-state index in [1.165, 1.54) is 38.5 Å². The predicted molar refractivity (Wildman–Crippen MR) is 57.8 cm³/mol. The van der Waals surface area contributed by atoms with Crippen LogP contribution in [-0.4, -0.2) is 0 Å². The zero-order valence-electron chi connectivity index (χ0n) is 9.15. The Morgan fingerprint density at radius 1 is 1.00 bits per heavy atom. The second-order valence-corrected chi connectivity index (χ2v) is 5.43. The van der Waals surface area contributed by atoms with Crippen LogP contribution in [0.3, 0.4) is 0 Å². The van der Waals surface area contributed by atoms with Gasteiger partial charge in [0.15, 0.2) is 0 Å². The molecule has 0 N–H and O–H groups in total. The predicted octanol–water partition coefficient (Wildman–Crippen LogP) is 4.54. The SMILES string of the molecule is CCC1CCCC2(CCCCC2)C1. The monoisotopic (exact) mass is 180 g/mol. The van der Waals surface area contributed by atoms with Crippen LogP contribution in [0.4, 0.5) is 0 Å². The van der Waals surface area contributed by atoms with E-state index in [9.17, 15) is 0 Å². The van der Waals surface area contributed by atoms with Crippen molar-refractivity contribution in [2.75, 3.05) is 0 Å². The van der Waals surface area contributed by atoms with Crippen molar-refractivity contribution in [2.45, 2.75) is 71.1 Å². The first-order chi connectivity index (χ1) is 6.35. The molecule has 1 spiro atoms. The van der Waals surface area contributed by atoms with Gasteiger partial charge in [-0.05, 0) is 37.0 Å². The summed E-state index contributed by atoms with van der Waals surface area (Å²) in [6.07, 6.45) is 15.3. The van der Waals surface area contributed by atoms with Gasteiger partial charge in [0, 0.05) is 0 Å². The topological polar surface area (TPSA) is 0 Å². The van der Waals surface area contributed by atoms with Crippen LogP contribution in [0, 0.1) is 11.3 Å². The smallest absolute Gasteiger partial charge is 0.0295 e. The Hall–Kier alpha value is 0. The molecule has 0 heteroatoms. The molecule has 0 aromatic heterocycles. The third kappa shape index (κ3) is 2.08. The maximum absolute atomic E-state index is 2.38. The summed E-state index contributed by atoms with van der Waals surface area (Å²) >= 11 is 0. The third-order valence-electron chi connectivity index (χ3n) is 4.53. The molecule has 13 heavy (non-hydrogen) atoms. The molecule has 0 bridgehead atoms. The molecular weight excluding hydrogens is 156 g/mol. The first kappa shape index (κ1) is 9.55. The Labute approximate surface area is 83.1 Å². The Kier molecular flexibility index (Phi) is 2.96. The van der Waals surface area contributed by atoms with Gasteiger partial charge in [0.25, 0.3) is 0 Å². The van der Waals surface area contributed by atoms with E-state index in [0.717, 1.165) is 11.3 Å². The van der Waals surface area contributed by atoms with Gasteiger partial charge >= 0.3 is 0 Å². The van der Waals surface area contributed by atoms with E-state index in [0.29, 0.717) is 0 Å². The summed E-state index contributed by atoms with van der Waals surface area (Å²) in [4.78, 5) is 0. The van der Waals surface area contributed by atoms with E-state index >= 15 is 0 Å². The maximum Gasteiger partial charge on any atom is -0.0295 e. The summed E-state index contributed by atoms with van der Waals surface area (Å²) in [6.45, 7) is 2.38. The van der Waals surface area contributed by atoms with Crippen molar-refractivity contribution >= 4 is 0 Å². The van der Waals surface area contributed by atoms with Crippen LogP contribution in [0.1, 0.15) is 71.1 Å². The highest BCUT2D eigenvalue weighted by molar-refractivity contribution is 4.88. The van der Waals surface area contributed by atoms with Crippen LogP contribution in [0.25, 0.3) is 0 Å². The first-order valence-corrected chi connectivity index (χ1v) is 6.35. The van der Waals surface area contributed by atoms with Crippen molar-refractivity contribution in [2.24, 2.45) is 11.3 Å². The summed E-state index contributed by atoms with van der Waals surface area (Å²) in [5, 5.41) is 0. The molecule has 0 aromatic rings. The minimum Gasteiger partial charge on any atom is -0.0651 e. The normalized spacial score (nSPS) is 33.5. The molecule has 0 aliphatic heterocycles. The molecule has 2 saturated carbocycles. The fourth-order valence-electron chi connectivity index (χ4n) is 3.69. The van der Waals surface area contributed by atoms with Crippen LogP contribution >= 0.6 is 0 Å². The van der Waals surface area contributed by atoms with Crippen LogP contribution in [-0.2, 0) is 0 Å². The molecule has 0 nitrogen and oxygen atoms in total. The molecule has 0 saturated heterocycles. The van der Waals surface area contributed by atoms with E-state index in [1.54, 1.807) is 25.7 Å². The lowest BCUT2D eigenvalue weighted by Crippen LogP contribution is -2.30. The van der Waals surface area contributed by atoms with Crippen molar-refractivity contribution < 1.29 is 0 Å². The van der Waals surface area contributed by atoms with Gasteiger partial charge in [-0.1, -0.05) is 45.4 Å². The van der Waals surface area contributed by atoms with Gasteiger partial charge in [-0.3, -0.25) is 0 Å². The summed E-state index contributed by atoms with van der Waals surface area (Å²) in [5.41, 5.74) is 0.831. The molecule has 0 heterocycles. The molecule has 2 aliphatic rings. The highest BCUT2D eigenvalue weighted by Gasteiger charge is 2.36. The van der Waals surface area contributed by atoms with E-state index in [2.05, 4.69) is 6.92 Å². The lowest BCUT2D eigenvalue weighted by molar-refractivity contribution is 0.0861. The lowest BCUT2D eigenvalue weighted by Gasteiger charge is -2.43. The van der Waals surface area contributed by atoms with Crippen LogP contribution < -0.4 is 0 Å². The molecule has 0 radical (unpaired) electrons. The molecule has 1 atom stereocenters. The fraction of sp³-hybridized carbons (Fsp3) is 1.00. The zero-order chi connectivity index (χ0) is 9.15.